The number of carbonyl (C=O) groups is 2. The zero-order chi connectivity index (χ0) is 23.8. The SMILES string of the molecule is COC(=O)COc1ccc(NC(=O)c2cccc(S(=O)(=O)NCc3ccccc3)c2)c(C)c1. The fourth-order valence-electron chi connectivity index (χ4n) is 2.92. The molecule has 8 nitrogen and oxygen atoms in total. The van der Waals surface area contributed by atoms with E-state index in [4.69, 9.17) is 4.74 Å². The Morgan fingerprint density at radius 1 is 0.939 bits per heavy atom. The molecule has 0 aliphatic carbocycles. The van der Waals surface area contributed by atoms with Crippen molar-refractivity contribution in [1.82, 2.24) is 4.72 Å². The second-order valence-electron chi connectivity index (χ2n) is 7.13. The van der Waals surface area contributed by atoms with E-state index in [-0.39, 0.29) is 23.6 Å². The molecule has 1 amide bonds. The minimum absolute atomic E-state index is 0.00522. The van der Waals surface area contributed by atoms with Gasteiger partial charge in [0.25, 0.3) is 5.91 Å². The van der Waals surface area contributed by atoms with Crippen LogP contribution in [0.1, 0.15) is 21.5 Å². The highest BCUT2D eigenvalue weighted by atomic mass is 32.2. The van der Waals surface area contributed by atoms with E-state index in [1.807, 2.05) is 30.3 Å². The number of rotatable bonds is 9. The number of methoxy groups -OCH3 is 1. The van der Waals surface area contributed by atoms with E-state index in [0.29, 0.717) is 17.0 Å². The summed E-state index contributed by atoms with van der Waals surface area (Å²) in [6, 6.07) is 19.9. The highest BCUT2D eigenvalue weighted by molar-refractivity contribution is 7.89. The number of esters is 1. The number of ether oxygens (including phenoxy) is 2. The van der Waals surface area contributed by atoms with Crippen molar-refractivity contribution in [3.8, 4) is 5.75 Å². The molecular weight excluding hydrogens is 444 g/mol. The van der Waals surface area contributed by atoms with Crippen molar-refractivity contribution in [1.29, 1.82) is 0 Å². The van der Waals surface area contributed by atoms with E-state index in [1.54, 1.807) is 25.1 Å². The first-order valence-electron chi connectivity index (χ1n) is 10.0. The molecule has 0 aliphatic rings. The van der Waals surface area contributed by atoms with Crippen molar-refractivity contribution in [2.45, 2.75) is 18.4 Å². The largest absolute Gasteiger partial charge is 0.482 e. The normalized spacial score (nSPS) is 11.0. The first-order valence-corrected chi connectivity index (χ1v) is 11.5. The molecule has 0 saturated heterocycles. The molecule has 3 rings (SSSR count). The fourth-order valence-corrected chi connectivity index (χ4v) is 3.99. The van der Waals surface area contributed by atoms with Gasteiger partial charge in [-0.3, -0.25) is 4.79 Å². The van der Waals surface area contributed by atoms with Gasteiger partial charge in [-0.2, -0.15) is 0 Å². The van der Waals surface area contributed by atoms with Crippen LogP contribution >= 0.6 is 0 Å². The van der Waals surface area contributed by atoms with Gasteiger partial charge in [0, 0.05) is 17.8 Å². The standard InChI is InChI=1S/C24H24N2O6S/c1-17-13-20(32-16-23(27)31-2)11-12-22(17)26-24(28)19-9-6-10-21(14-19)33(29,30)25-15-18-7-4-3-5-8-18/h3-14,25H,15-16H2,1-2H3,(H,26,28). The number of amides is 1. The minimum Gasteiger partial charge on any atom is -0.482 e. The minimum atomic E-state index is -3.80. The van der Waals surface area contributed by atoms with Crippen molar-refractivity contribution < 1.29 is 27.5 Å². The lowest BCUT2D eigenvalue weighted by Crippen LogP contribution is -2.23. The summed E-state index contributed by atoms with van der Waals surface area (Å²) in [6.07, 6.45) is 0. The van der Waals surface area contributed by atoms with Crippen LogP contribution in [0.2, 0.25) is 0 Å². The highest BCUT2D eigenvalue weighted by Gasteiger charge is 2.17. The Balaban J connectivity index is 1.68. The summed E-state index contributed by atoms with van der Waals surface area (Å²) in [5.74, 6) is -0.506. The van der Waals surface area contributed by atoms with Crippen LogP contribution in [0.5, 0.6) is 5.75 Å². The summed E-state index contributed by atoms with van der Waals surface area (Å²) in [4.78, 5) is 23.9. The molecule has 0 bridgehead atoms. The zero-order valence-electron chi connectivity index (χ0n) is 18.2. The van der Waals surface area contributed by atoms with Crippen molar-refractivity contribution in [3.63, 3.8) is 0 Å². The van der Waals surface area contributed by atoms with Crippen LogP contribution < -0.4 is 14.8 Å². The maximum Gasteiger partial charge on any atom is 0.343 e. The number of nitrogens with one attached hydrogen (secondary N) is 2. The molecule has 0 saturated carbocycles. The number of aryl methyl sites for hydroxylation is 1. The summed E-state index contributed by atoms with van der Waals surface area (Å²) in [5, 5.41) is 2.76. The van der Waals surface area contributed by atoms with Crippen molar-refractivity contribution in [2.75, 3.05) is 19.0 Å². The number of anilines is 1. The van der Waals surface area contributed by atoms with E-state index in [9.17, 15) is 18.0 Å². The summed E-state index contributed by atoms with van der Waals surface area (Å²) in [5.41, 5.74) is 2.26. The summed E-state index contributed by atoms with van der Waals surface area (Å²) < 4.78 is 37.7. The van der Waals surface area contributed by atoms with Gasteiger partial charge in [-0.05, 0) is 54.4 Å². The molecule has 172 valence electrons. The number of sulfonamides is 1. The van der Waals surface area contributed by atoms with Crippen LogP contribution in [-0.4, -0.2) is 34.0 Å². The Kier molecular flexibility index (Phi) is 7.81. The zero-order valence-corrected chi connectivity index (χ0v) is 19.0. The van der Waals surface area contributed by atoms with Crippen LogP contribution in [-0.2, 0) is 26.1 Å². The van der Waals surface area contributed by atoms with Gasteiger partial charge in [-0.15, -0.1) is 0 Å². The topological polar surface area (TPSA) is 111 Å². The number of hydrogen-bond donors (Lipinski definition) is 2. The van der Waals surface area contributed by atoms with Gasteiger partial charge in [0.1, 0.15) is 5.75 Å². The van der Waals surface area contributed by atoms with Gasteiger partial charge in [0.15, 0.2) is 6.61 Å². The predicted molar refractivity (Wildman–Crippen MR) is 124 cm³/mol. The molecule has 2 N–H and O–H groups in total. The van der Waals surface area contributed by atoms with Gasteiger partial charge in [0.05, 0.1) is 12.0 Å². The summed E-state index contributed by atoms with van der Waals surface area (Å²) in [6.45, 7) is 1.69. The van der Waals surface area contributed by atoms with E-state index in [2.05, 4.69) is 14.8 Å². The van der Waals surface area contributed by atoms with Crippen LogP contribution in [0, 0.1) is 6.92 Å². The van der Waals surface area contributed by atoms with E-state index >= 15 is 0 Å². The van der Waals surface area contributed by atoms with Crippen molar-refractivity contribution in [3.05, 3.63) is 89.5 Å². The average molecular weight is 469 g/mol. The van der Waals surface area contributed by atoms with E-state index in [0.717, 1.165) is 5.56 Å². The Morgan fingerprint density at radius 3 is 2.39 bits per heavy atom. The lowest BCUT2D eigenvalue weighted by atomic mass is 10.1. The van der Waals surface area contributed by atoms with E-state index in [1.165, 1.54) is 31.4 Å². The quantitative estimate of drug-likeness (QED) is 0.467. The molecule has 0 unspecified atom stereocenters. The molecule has 3 aromatic carbocycles. The highest BCUT2D eigenvalue weighted by Crippen LogP contribution is 2.22. The Morgan fingerprint density at radius 2 is 1.70 bits per heavy atom. The van der Waals surface area contributed by atoms with E-state index < -0.39 is 21.9 Å². The second kappa shape index (κ2) is 10.8. The maximum absolute atomic E-state index is 12.7. The molecule has 0 aliphatic heterocycles. The van der Waals surface area contributed by atoms with Gasteiger partial charge in [-0.25, -0.2) is 17.9 Å². The smallest absolute Gasteiger partial charge is 0.343 e. The third kappa shape index (κ3) is 6.64. The molecule has 0 heterocycles. The monoisotopic (exact) mass is 468 g/mol. The third-order valence-electron chi connectivity index (χ3n) is 4.75. The fraction of sp³-hybridized carbons (Fsp3) is 0.167. The maximum atomic E-state index is 12.7. The second-order valence-corrected chi connectivity index (χ2v) is 8.90. The molecule has 33 heavy (non-hydrogen) atoms. The summed E-state index contributed by atoms with van der Waals surface area (Å²) >= 11 is 0. The van der Waals surface area contributed by atoms with Gasteiger partial charge in [-0.1, -0.05) is 36.4 Å². The molecule has 0 radical (unpaired) electrons. The van der Waals surface area contributed by atoms with Gasteiger partial charge < -0.3 is 14.8 Å². The lowest BCUT2D eigenvalue weighted by molar-refractivity contribution is -0.142. The Hall–Kier alpha value is -3.69. The van der Waals surface area contributed by atoms with Crippen LogP contribution in [0.15, 0.2) is 77.7 Å². The first-order chi connectivity index (χ1) is 15.8. The Bertz CT molecular complexity index is 1240. The number of benzene rings is 3. The first kappa shape index (κ1) is 24.0. The Labute approximate surface area is 192 Å². The third-order valence-corrected chi connectivity index (χ3v) is 6.15. The number of carbonyl (C=O) groups excluding carboxylic acids is 2. The molecule has 9 heteroatoms. The van der Waals surface area contributed by atoms with Gasteiger partial charge >= 0.3 is 5.97 Å². The van der Waals surface area contributed by atoms with Crippen molar-refractivity contribution in [2.24, 2.45) is 0 Å². The van der Waals surface area contributed by atoms with Crippen molar-refractivity contribution >= 4 is 27.6 Å². The molecule has 0 fully saturated rings. The predicted octanol–water partition coefficient (Wildman–Crippen LogP) is 3.28. The van der Waals surface area contributed by atoms with Crippen LogP contribution in [0.25, 0.3) is 0 Å². The average Bonchev–Trinajstić information content (AvgIpc) is 2.83. The molecule has 0 atom stereocenters. The summed E-state index contributed by atoms with van der Waals surface area (Å²) in [7, 11) is -2.53. The van der Waals surface area contributed by atoms with Crippen LogP contribution in [0.3, 0.4) is 0 Å². The molecular formula is C24H24N2O6S. The molecule has 3 aromatic rings. The number of hydrogen-bond acceptors (Lipinski definition) is 6. The molecule has 0 aromatic heterocycles. The lowest BCUT2D eigenvalue weighted by Gasteiger charge is -2.12. The van der Waals surface area contributed by atoms with Crippen LogP contribution in [0.4, 0.5) is 5.69 Å². The van der Waals surface area contributed by atoms with Gasteiger partial charge in [0.2, 0.25) is 10.0 Å². The molecule has 0 spiro atoms.